The lowest BCUT2D eigenvalue weighted by Crippen LogP contribution is -2.14. The third-order valence-electron chi connectivity index (χ3n) is 1.99. The maximum atomic E-state index is 11.2. The number of anilines is 1. The number of hydrogen-bond acceptors (Lipinski definition) is 1. The van der Waals surface area contributed by atoms with Crippen molar-refractivity contribution in [2.45, 2.75) is 6.92 Å². The van der Waals surface area contributed by atoms with Crippen LogP contribution in [-0.2, 0) is 4.79 Å². The van der Waals surface area contributed by atoms with Crippen LogP contribution in [0, 0.1) is 6.92 Å². The molecule has 0 fully saturated rings. The third kappa shape index (κ3) is 1.04. The van der Waals surface area contributed by atoms with Crippen LogP contribution in [0.4, 0.5) is 5.69 Å². The minimum Gasteiger partial charge on any atom is -0.361 e. The zero-order valence-corrected chi connectivity index (χ0v) is 7.03. The molecule has 1 aromatic carbocycles. The predicted octanol–water partition coefficient (Wildman–Crippen LogP) is 0.966. The zero-order chi connectivity index (χ0) is 9.42. The lowest BCUT2D eigenvalue weighted by molar-refractivity contribution is -0.114. The zero-order valence-electron chi connectivity index (χ0n) is 7.03. The van der Waals surface area contributed by atoms with E-state index in [2.05, 4.69) is 10.1 Å². The fourth-order valence-electron chi connectivity index (χ4n) is 1.37. The van der Waals surface area contributed by atoms with Gasteiger partial charge >= 0.3 is 11.6 Å². The van der Waals surface area contributed by atoms with Gasteiger partial charge in [-0.2, -0.15) is 4.79 Å². The average Bonchev–Trinajstić information content (AvgIpc) is 2.39. The molecule has 0 aromatic heterocycles. The fraction of sp³-hybridized carbons (Fsp3) is 0.111. The number of hydrogen-bond donors (Lipinski definition) is 1. The Hall–Kier alpha value is -1.93. The van der Waals surface area contributed by atoms with Crippen molar-refractivity contribution in [2.24, 2.45) is 0 Å². The molecule has 1 N–H and O–H groups in total. The number of nitrogens with zero attached hydrogens (tertiary/aromatic N) is 2. The van der Waals surface area contributed by atoms with Crippen LogP contribution < -0.4 is 5.32 Å². The minimum absolute atomic E-state index is 0.0787. The van der Waals surface area contributed by atoms with Gasteiger partial charge in [0.25, 0.3) is 0 Å². The maximum Gasteiger partial charge on any atom is 0.388 e. The van der Waals surface area contributed by atoms with Crippen LogP contribution in [-0.4, -0.2) is 16.4 Å². The summed E-state index contributed by atoms with van der Waals surface area (Å²) < 4.78 is 0. The van der Waals surface area contributed by atoms with Gasteiger partial charge in [-0.25, -0.2) is 0 Å². The molecule has 0 unspecified atom stereocenters. The van der Waals surface area contributed by atoms with Gasteiger partial charge < -0.3 is 10.8 Å². The molecule has 64 valence electrons. The van der Waals surface area contributed by atoms with Gasteiger partial charge in [-0.1, -0.05) is 6.07 Å². The van der Waals surface area contributed by atoms with Crippen LogP contribution in [0.15, 0.2) is 18.2 Å². The number of nitrogens with one attached hydrogen (secondary N) is 1. The van der Waals surface area contributed by atoms with Gasteiger partial charge in [0.15, 0.2) is 0 Å². The summed E-state index contributed by atoms with van der Waals surface area (Å²) in [4.78, 5) is 14.1. The topological polar surface area (TPSA) is 65.5 Å². The van der Waals surface area contributed by atoms with Crippen LogP contribution in [0.3, 0.4) is 0 Å². The summed E-state index contributed by atoms with van der Waals surface area (Å²) in [6.07, 6.45) is 0. The van der Waals surface area contributed by atoms with Crippen LogP contribution in [0.25, 0.3) is 5.53 Å². The first-order valence-electron chi connectivity index (χ1n) is 3.87. The van der Waals surface area contributed by atoms with Gasteiger partial charge in [-0.05, 0) is 24.6 Å². The number of fused-ring (bicyclic) bond motifs is 1. The predicted molar refractivity (Wildman–Crippen MR) is 47.5 cm³/mol. The summed E-state index contributed by atoms with van der Waals surface area (Å²) in [5.41, 5.74) is 11.1. The highest BCUT2D eigenvalue weighted by Gasteiger charge is 2.33. The molecule has 4 heteroatoms. The van der Waals surface area contributed by atoms with Crippen molar-refractivity contribution in [3.05, 3.63) is 34.9 Å². The highest BCUT2D eigenvalue weighted by atomic mass is 16.2. The molecule has 1 amide bonds. The van der Waals surface area contributed by atoms with Crippen molar-refractivity contribution in [1.29, 1.82) is 0 Å². The number of aryl methyl sites for hydroxylation is 1. The van der Waals surface area contributed by atoms with E-state index in [4.69, 9.17) is 5.53 Å². The monoisotopic (exact) mass is 173 g/mol. The quantitative estimate of drug-likeness (QED) is 0.461. The van der Waals surface area contributed by atoms with Crippen molar-refractivity contribution in [1.82, 2.24) is 0 Å². The highest BCUT2D eigenvalue weighted by Crippen LogP contribution is 2.23. The highest BCUT2D eigenvalue weighted by molar-refractivity contribution is 6.51. The summed E-state index contributed by atoms with van der Waals surface area (Å²) in [7, 11) is 0. The van der Waals surface area contributed by atoms with E-state index < -0.39 is 0 Å². The van der Waals surface area contributed by atoms with E-state index in [9.17, 15) is 4.79 Å². The average molecular weight is 173 g/mol. The molecule has 0 aliphatic carbocycles. The molecule has 1 heterocycles. The first-order chi connectivity index (χ1) is 6.22. The minimum atomic E-state index is -0.358. The van der Waals surface area contributed by atoms with Gasteiger partial charge in [0.1, 0.15) is 0 Å². The first kappa shape index (κ1) is 7.71. The van der Waals surface area contributed by atoms with Crippen LogP contribution in [0.2, 0.25) is 0 Å². The van der Waals surface area contributed by atoms with E-state index >= 15 is 0 Å². The molecule has 4 nitrogen and oxygen atoms in total. The van der Waals surface area contributed by atoms with E-state index in [1.54, 1.807) is 6.07 Å². The van der Waals surface area contributed by atoms with Crippen molar-refractivity contribution in [3.8, 4) is 0 Å². The van der Waals surface area contributed by atoms with E-state index in [-0.39, 0.29) is 11.6 Å². The molecule has 1 aromatic rings. The molecule has 2 rings (SSSR count). The number of carbonyl (C=O) groups excluding carboxylic acids is 1. The van der Waals surface area contributed by atoms with Crippen LogP contribution in [0.5, 0.6) is 0 Å². The van der Waals surface area contributed by atoms with Gasteiger partial charge in [0, 0.05) is 0 Å². The Morgan fingerprint density at radius 2 is 2.23 bits per heavy atom. The third-order valence-corrected chi connectivity index (χ3v) is 1.99. The molecule has 0 saturated heterocycles. The summed E-state index contributed by atoms with van der Waals surface area (Å²) >= 11 is 0. The Labute approximate surface area is 74.8 Å². The van der Waals surface area contributed by atoms with Gasteiger partial charge in [0.05, 0.1) is 11.3 Å². The van der Waals surface area contributed by atoms with Gasteiger partial charge in [0.2, 0.25) is 0 Å². The first-order valence-corrected chi connectivity index (χ1v) is 3.87. The second-order valence-corrected chi connectivity index (χ2v) is 2.95. The molecule has 13 heavy (non-hydrogen) atoms. The molecule has 1 aliphatic heterocycles. The Kier molecular flexibility index (Phi) is 1.50. The van der Waals surface area contributed by atoms with E-state index in [0.717, 1.165) is 5.56 Å². The fourth-order valence-corrected chi connectivity index (χ4v) is 1.37. The lowest BCUT2D eigenvalue weighted by atomic mass is 10.1. The lowest BCUT2D eigenvalue weighted by Gasteiger charge is -1.95. The number of carbonyl (C=O) groups is 1. The maximum absolute atomic E-state index is 11.2. The standard InChI is InChI=1S/C9H7N3O/c1-5-2-3-6-7(4-5)11-9(13)8(6)12-10/h2-4H,1H3,(H,11,13). The number of amides is 1. The summed E-state index contributed by atoms with van der Waals surface area (Å²) in [5, 5.41) is 2.61. The van der Waals surface area contributed by atoms with Crippen molar-refractivity contribution in [3.63, 3.8) is 0 Å². The smallest absolute Gasteiger partial charge is 0.361 e. The Balaban J connectivity index is 2.68. The van der Waals surface area contributed by atoms with E-state index in [0.29, 0.717) is 11.3 Å². The Bertz CT molecular complexity index is 444. The van der Waals surface area contributed by atoms with Crippen molar-refractivity contribution < 1.29 is 9.58 Å². The molecule has 1 aliphatic rings. The van der Waals surface area contributed by atoms with Crippen molar-refractivity contribution in [2.75, 3.05) is 5.32 Å². The van der Waals surface area contributed by atoms with E-state index in [1.165, 1.54) is 0 Å². The molecule has 0 radical (unpaired) electrons. The molecule has 0 bridgehead atoms. The number of benzene rings is 1. The molecule has 0 spiro atoms. The molecular weight excluding hydrogens is 166 g/mol. The molecule has 0 atom stereocenters. The summed E-state index contributed by atoms with van der Waals surface area (Å²) in [5.74, 6) is -0.358. The van der Waals surface area contributed by atoms with Crippen LogP contribution >= 0.6 is 0 Å². The summed E-state index contributed by atoms with van der Waals surface area (Å²) in [6.45, 7) is 1.93. The summed E-state index contributed by atoms with van der Waals surface area (Å²) in [6, 6.07) is 5.47. The number of rotatable bonds is 0. The molecular formula is C9H7N3O. The van der Waals surface area contributed by atoms with E-state index in [1.807, 2.05) is 19.1 Å². The SMILES string of the molecule is Cc1ccc2c(c1)NC(=O)C2=[N+]=[N-]. The van der Waals surface area contributed by atoms with Gasteiger partial charge in [-0.3, -0.25) is 4.79 Å². The van der Waals surface area contributed by atoms with Crippen LogP contribution in [0.1, 0.15) is 11.1 Å². The molecule has 0 saturated carbocycles. The Morgan fingerprint density at radius 1 is 1.46 bits per heavy atom. The largest absolute Gasteiger partial charge is 0.388 e. The normalized spacial score (nSPS) is 13.6. The Morgan fingerprint density at radius 3 is 2.92 bits per heavy atom. The second kappa shape index (κ2) is 2.54. The second-order valence-electron chi connectivity index (χ2n) is 2.95. The van der Waals surface area contributed by atoms with Gasteiger partial charge in [-0.15, -0.1) is 0 Å². The van der Waals surface area contributed by atoms with Crippen molar-refractivity contribution >= 4 is 17.3 Å².